The molecule has 0 bridgehead atoms. The van der Waals surface area contributed by atoms with E-state index in [2.05, 4.69) is 33.0 Å². The van der Waals surface area contributed by atoms with Crippen LogP contribution in [0.3, 0.4) is 0 Å². The second-order valence-corrected chi connectivity index (χ2v) is 8.01. The third-order valence-electron chi connectivity index (χ3n) is 5.01. The fourth-order valence-corrected chi connectivity index (χ4v) is 3.34. The number of benzene rings is 1. The van der Waals surface area contributed by atoms with E-state index >= 15 is 0 Å². The molecule has 4 nitrogen and oxygen atoms in total. The van der Waals surface area contributed by atoms with E-state index in [0.717, 1.165) is 12.2 Å². The van der Waals surface area contributed by atoms with Gasteiger partial charge in [0, 0.05) is 12.2 Å². The maximum absolute atomic E-state index is 11.1. The van der Waals surface area contributed by atoms with Gasteiger partial charge in [0.2, 0.25) is 10.0 Å². The zero-order chi connectivity index (χ0) is 14.5. The largest absolute Gasteiger partial charge is 0.385 e. The summed E-state index contributed by atoms with van der Waals surface area (Å²) in [5, 5.41) is 8.42. The van der Waals surface area contributed by atoms with Crippen LogP contribution in [0.25, 0.3) is 0 Å². The molecule has 0 atom stereocenters. The van der Waals surface area contributed by atoms with Crippen LogP contribution < -0.4 is 10.5 Å². The lowest BCUT2D eigenvalue weighted by atomic mass is 10.0. The minimum absolute atomic E-state index is 0.144. The molecule has 0 aliphatic heterocycles. The van der Waals surface area contributed by atoms with Crippen LogP contribution >= 0.6 is 0 Å². The van der Waals surface area contributed by atoms with Crippen LogP contribution in [0.2, 0.25) is 0 Å². The Hall–Kier alpha value is -1.07. The van der Waals surface area contributed by atoms with Crippen molar-refractivity contribution in [1.29, 1.82) is 0 Å². The first-order chi connectivity index (χ1) is 8.57. The Morgan fingerprint density at radius 2 is 1.58 bits per heavy atom. The van der Waals surface area contributed by atoms with E-state index in [-0.39, 0.29) is 4.90 Å². The summed E-state index contributed by atoms with van der Waals surface area (Å²) < 4.78 is 22.3. The lowest BCUT2D eigenvalue weighted by Gasteiger charge is -2.08. The van der Waals surface area contributed by atoms with Crippen molar-refractivity contribution in [3.05, 3.63) is 24.3 Å². The molecule has 0 unspecified atom stereocenters. The van der Waals surface area contributed by atoms with Crippen molar-refractivity contribution in [3.63, 3.8) is 0 Å². The minimum Gasteiger partial charge on any atom is -0.385 e. The third kappa shape index (κ3) is 2.49. The number of sulfonamides is 1. The van der Waals surface area contributed by atoms with Crippen LogP contribution in [-0.4, -0.2) is 15.0 Å². The van der Waals surface area contributed by atoms with Crippen LogP contribution in [0.1, 0.15) is 27.7 Å². The van der Waals surface area contributed by atoms with E-state index in [0.29, 0.717) is 16.7 Å². The molecule has 0 heterocycles. The highest BCUT2D eigenvalue weighted by Gasteiger charge is 2.63. The molecule has 1 aromatic carbocycles. The Morgan fingerprint density at radius 3 is 1.95 bits per heavy atom. The minimum atomic E-state index is -3.60. The summed E-state index contributed by atoms with van der Waals surface area (Å²) in [4.78, 5) is 0.144. The first kappa shape index (κ1) is 14.3. The van der Waals surface area contributed by atoms with Gasteiger partial charge in [-0.15, -0.1) is 0 Å². The molecule has 5 heteroatoms. The van der Waals surface area contributed by atoms with Gasteiger partial charge < -0.3 is 5.32 Å². The number of nitrogens with two attached hydrogens (primary N) is 1. The summed E-state index contributed by atoms with van der Waals surface area (Å²) in [5.74, 6) is 0.623. The van der Waals surface area contributed by atoms with E-state index in [9.17, 15) is 8.42 Å². The summed E-state index contributed by atoms with van der Waals surface area (Å²) in [6.45, 7) is 10.0. The van der Waals surface area contributed by atoms with E-state index in [1.807, 2.05) is 0 Å². The summed E-state index contributed by atoms with van der Waals surface area (Å²) in [6.07, 6.45) is 0. The number of primary sulfonamides is 1. The highest BCUT2D eigenvalue weighted by atomic mass is 32.2. The van der Waals surface area contributed by atoms with Crippen molar-refractivity contribution in [1.82, 2.24) is 0 Å². The molecule has 3 N–H and O–H groups in total. The van der Waals surface area contributed by atoms with Crippen molar-refractivity contribution < 1.29 is 8.42 Å². The maximum atomic E-state index is 11.1. The molecule has 0 spiro atoms. The van der Waals surface area contributed by atoms with Gasteiger partial charge in [0.25, 0.3) is 0 Å². The van der Waals surface area contributed by atoms with Gasteiger partial charge in [-0.1, -0.05) is 27.7 Å². The predicted octanol–water partition coefficient (Wildman–Crippen LogP) is 2.43. The number of hydrogen-bond acceptors (Lipinski definition) is 3. The smallest absolute Gasteiger partial charge is 0.238 e. The molecule has 0 radical (unpaired) electrons. The zero-order valence-electron chi connectivity index (χ0n) is 11.9. The molecule has 0 aromatic heterocycles. The molecular formula is C14H22N2O2S. The topological polar surface area (TPSA) is 72.2 Å². The number of anilines is 1. The zero-order valence-corrected chi connectivity index (χ0v) is 12.7. The van der Waals surface area contributed by atoms with Crippen molar-refractivity contribution in [2.45, 2.75) is 32.6 Å². The second kappa shape index (κ2) is 4.21. The highest BCUT2D eigenvalue weighted by Crippen LogP contribution is 2.68. The van der Waals surface area contributed by atoms with Gasteiger partial charge in [-0.3, -0.25) is 0 Å². The van der Waals surface area contributed by atoms with Crippen LogP contribution in [-0.2, 0) is 10.0 Å². The summed E-state index contributed by atoms with van der Waals surface area (Å²) in [7, 11) is -3.60. The fourth-order valence-electron chi connectivity index (χ4n) is 2.83. The molecule has 0 saturated heterocycles. The van der Waals surface area contributed by atoms with Gasteiger partial charge in [-0.2, -0.15) is 0 Å². The molecule has 1 aliphatic carbocycles. The lowest BCUT2D eigenvalue weighted by molar-refractivity contribution is 0.457. The standard InChI is InChI=1S/C14H22N2O2S/c1-13(2)12(14(13,3)4)9-16-10-5-7-11(8-6-10)19(15,17)18/h5-8,12,16H,9H2,1-4H3,(H2,15,17,18). The quantitative estimate of drug-likeness (QED) is 0.891. The van der Waals surface area contributed by atoms with Crippen LogP contribution in [0.4, 0.5) is 5.69 Å². The van der Waals surface area contributed by atoms with Gasteiger partial charge in [-0.05, 0) is 41.0 Å². The summed E-state index contributed by atoms with van der Waals surface area (Å²) >= 11 is 0. The molecular weight excluding hydrogens is 260 g/mol. The average molecular weight is 282 g/mol. The van der Waals surface area contributed by atoms with Gasteiger partial charge in [-0.25, -0.2) is 13.6 Å². The molecule has 2 rings (SSSR count). The predicted molar refractivity (Wildman–Crippen MR) is 77.4 cm³/mol. The van der Waals surface area contributed by atoms with Crippen LogP contribution in [0, 0.1) is 16.7 Å². The third-order valence-corrected chi connectivity index (χ3v) is 5.94. The summed E-state index contributed by atoms with van der Waals surface area (Å²) in [5.41, 5.74) is 1.62. The molecule has 0 amide bonds. The van der Waals surface area contributed by atoms with E-state index in [1.54, 1.807) is 12.1 Å². The highest BCUT2D eigenvalue weighted by molar-refractivity contribution is 7.89. The Balaban J connectivity index is 1.99. The Kier molecular flexibility index (Phi) is 3.18. The lowest BCUT2D eigenvalue weighted by Crippen LogP contribution is -2.12. The van der Waals surface area contributed by atoms with E-state index < -0.39 is 10.0 Å². The first-order valence-corrected chi connectivity index (χ1v) is 7.98. The molecule has 106 valence electrons. The van der Waals surface area contributed by atoms with Crippen molar-refractivity contribution in [3.8, 4) is 0 Å². The summed E-state index contributed by atoms with van der Waals surface area (Å²) in [6, 6.07) is 6.56. The van der Waals surface area contributed by atoms with Crippen LogP contribution in [0.15, 0.2) is 29.2 Å². The molecule has 1 aliphatic rings. The van der Waals surface area contributed by atoms with Gasteiger partial charge in [0.1, 0.15) is 0 Å². The van der Waals surface area contributed by atoms with Crippen molar-refractivity contribution in [2.75, 3.05) is 11.9 Å². The molecule has 19 heavy (non-hydrogen) atoms. The van der Waals surface area contributed by atoms with Gasteiger partial charge >= 0.3 is 0 Å². The van der Waals surface area contributed by atoms with Gasteiger partial charge in [0.05, 0.1) is 4.90 Å². The maximum Gasteiger partial charge on any atom is 0.238 e. The van der Waals surface area contributed by atoms with Crippen LogP contribution in [0.5, 0.6) is 0 Å². The first-order valence-electron chi connectivity index (χ1n) is 6.43. The Labute approximate surface area is 115 Å². The van der Waals surface area contributed by atoms with Crippen molar-refractivity contribution >= 4 is 15.7 Å². The number of rotatable bonds is 4. The Bertz CT molecular complexity index is 560. The SMILES string of the molecule is CC1(C)C(CNc2ccc(S(N)(=O)=O)cc2)C1(C)C. The normalized spacial score (nSPS) is 21.1. The molecule has 1 aromatic rings. The number of nitrogens with one attached hydrogen (secondary N) is 1. The molecule has 1 saturated carbocycles. The van der Waals surface area contributed by atoms with E-state index in [4.69, 9.17) is 5.14 Å². The molecule has 1 fully saturated rings. The monoisotopic (exact) mass is 282 g/mol. The van der Waals surface area contributed by atoms with E-state index in [1.165, 1.54) is 12.1 Å². The number of hydrogen-bond donors (Lipinski definition) is 2. The van der Waals surface area contributed by atoms with Gasteiger partial charge in [0.15, 0.2) is 0 Å². The Morgan fingerprint density at radius 1 is 1.11 bits per heavy atom. The average Bonchev–Trinajstić information content (AvgIpc) is 2.66. The van der Waals surface area contributed by atoms with Crippen molar-refractivity contribution in [2.24, 2.45) is 21.9 Å². The second-order valence-electron chi connectivity index (χ2n) is 6.45. The fraction of sp³-hybridized carbons (Fsp3) is 0.571.